The summed E-state index contributed by atoms with van der Waals surface area (Å²) >= 11 is 0. The van der Waals surface area contributed by atoms with Crippen LogP contribution in [-0.2, 0) is 4.74 Å². The number of carbonyl (C=O) groups excluding carboxylic acids is 1. The van der Waals surface area contributed by atoms with Crippen LogP contribution in [0.2, 0.25) is 0 Å². The van der Waals surface area contributed by atoms with E-state index >= 15 is 0 Å². The molecule has 2 aromatic rings. The second kappa shape index (κ2) is 7.88. The van der Waals surface area contributed by atoms with Gasteiger partial charge in [0.05, 0.1) is 11.7 Å². The third-order valence-corrected chi connectivity index (χ3v) is 4.04. The van der Waals surface area contributed by atoms with Crippen LogP contribution in [0.3, 0.4) is 0 Å². The van der Waals surface area contributed by atoms with E-state index in [1.807, 2.05) is 42.2 Å². The summed E-state index contributed by atoms with van der Waals surface area (Å²) in [5.41, 5.74) is 1.48. The quantitative estimate of drug-likeness (QED) is 0.883. The molecule has 24 heavy (non-hydrogen) atoms. The van der Waals surface area contributed by atoms with Crippen LogP contribution in [0.15, 0.2) is 42.7 Å². The molecule has 1 aromatic carbocycles. The Hall–Kier alpha value is -2.47. The molecule has 1 saturated heterocycles. The molecule has 0 radical (unpaired) electrons. The Morgan fingerprint density at radius 2 is 2.04 bits per heavy atom. The van der Waals surface area contributed by atoms with E-state index in [9.17, 15) is 4.79 Å². The normalized spacial score (nSPS) is 16.8. The number of nitrogens with one attached hydrogen (secondary N) is 1. The summed E-state index contributed by atoms with van der Waals surface area (Å²) in [7, 11) is 0. The van der Waals surface area contributed by atoms with Crippen molar-refractivity contribution in [3.05, 3.63) is 48.3 Å². The van der Waals surface area contributed by atoms with Gasteiger partial charge in [-0.05, 0) is 31.9 Å². The van der Waals surface area contributed by atoms with Gasteiger partial charge in [0.25, 0.3) is 5.91 Å². The number of anilines is 2. The molecule has 126 valence electrons. The Balaban J connectivity index is 1.64. The maximum Gasteiger partial charge on any atom is 0.254 e. The van der Waals surface area contributed by atoms with E-state index in [0.717, 1.165) is 31.7 Å². The molecule has 1 amide bonds. The summed E-state index contributed by atoms with van der Waals surface area (Å²) in [6.45, 7) is 4.10. The highest BCUT2D eigenvalue weighted by atomic mass is 16.5. The number of hydrogen-bond donors (Lipinski definition) is 1. The lowest BCUT2D eigenvalue weighted by molar-refractivity contribution is 0.0857. The van der Waals surface area contributed by atoms with E-state index in [1.54, 1.807) is 12.4 Å². The Labute approximate surface area is 141 Å². The number of amides is 1. The summed E-state index contributed by atoms with van der Waals surface area (Å²) in [5.74, 6) is 0.416. The van der Waals surface area contributed by atoms with E-state index in [-0.39, 0.29) is 12.0 Å². The summed E-state index contributed by atoms with van der Waals surface area (Å²) in [5, 5.41) is 2.88. The molecule has 1 aromatic heterocycles. The van der Waals surface area contributed by atoms with Crippen LogP contribution in [0.4, 0.5) is 11.6 Å². The second-order valence-electron chi connectivity index (χ2n) is 5.70. The van der Waals surface area contributed by atoms with Gasteiger partial charge < -0.3 is 15.0 Å². The van der Waals surface area contributed by atoms with Gasteiger partial charge in [0.2, 0.25) is 5.95 Å². The zero-order valence-corrected chi connectivity index (χ0v) is 13.8. The highest BCUT2D eigenvalue weighted by molar-refractivity contribution is 5.93. The fourth-order valence-corrected chi connectivity index (χ4v) is 2.74. The molecule has 0 saturated carbocycles. The number of hydrogen-bond acceptors (Lipinski definition) is 5. The van der Waals surface area contributed by atoms with Gasteiger partial charge in [0.15, 0.2) is 0 Å². The highest BCUT2D eigenvalue weighted by Crippen LogP contribution is 2.20. The molecule has 1 atom stereocenters. The maximum absolute atomic E-state index is 12.2. The number of benzene rings is 1. The van der Waals surface area contributed by atoms with Gasteiger partial charge in [-0.3, -0.25) is 4.79 Å². The summed E-state index contributed by atoms with van der Waals surface area (Å²) in [6.07, 6.45) is 5.32. The molecule has 1 aliphatic rings. The van der Waals surface area contributed by atoms with Crippen molar-refractivity contribution in [3.63, 3.8) is 0 Å². The zero-order chi connectivity index (χ0) is 16.8. The minimum Gasteiger partial charge on any atom is -0.376 e. The number of rotatable bonds is 6. The first-order valence-electron chi connectivity index (χ1n) is 8.32. The Morgan fingerprint density at radius 3 is 2.67 bits per heavy atom. The molecule has 3 rings (SSSR count). The van der Waals surface area contributed by atoms with E-state index < -0.39 is 0 Å². The summed E-state index contributed by atoms with van der Waals surface area (Å²) in [4.78, 5) is 22.9. The van der Waals surface area contributed by atoms with Crippen molar-refractivity contribution in [2.24, 2.45) is 0 Å². The number of carbonyl (C=O) groups is 1. The smallest absolute Gasteiger partial charge is 0.254 e. The first-order chi connectivity index (χ1) is 11.8. The van der Waals surface area contributed by atoms with Crippen molar-refractivity contribution in [1.82, 2.24) is 15.3 Å². The molecule has 6 nitrogen and oxygen atoms in total. The minimum atomic E-state index is -0.167. The lowest BCUT2D eigenvalue weighted by Gasteiger charge is -2.20. The SMILES string of the molecule is CCN(c1ccccc1)c1ncc(C(=O)NCC2CCCO2)cn1. The van der Waals surface area contributed by atoms with Crippen LogP contribution >= 0.6 is 0 Å². The number of para-hydroxylation sites is 1. The zero-order valence-electron chi connectivity index (χ0n) is 13.8. The Bertz CT molecular complexity index is 654. The molecule has 1 aliphatic heterocycles. The lowest BCUT2D eigenvalue weighted by Crippen LogP contribution is -2.32. The fraction of sp³-hybridized carbons (Fsp3) is 0.389. The standard InChI is InChI=1S/C18H22N4O2/c1-2-22(15-7-4-3-5-8-15)18-20-11-14(12-21-18)17(23)19-13-16-9-6-10-24-16/h3-5,7-8,11-12,16H,2,6,9-10,13H2,1H3,(H,19,23). The first kappa shape index (κ1) is 16.4. The molecule has 6 heteroatoms. The summed E-state index contributed by atoms with van der Waals surface area (Å²) in [6, 6.07) is 9.94. The molecular weight excluding hydrogens is 304 g/mol. The van der Waals surface area contributed by atoms with Crippen molar-refractivity contribution < 1.29 is 9.53 Å². The van der Waals surface area contributed by atoms with Gasteiger partial charge in [0.1, 0.15) is 0 Å². The van der Waals surface area contributed by atoms with Crippen LogP contribution in [0.5, 0.6) is 0 Å². The molecule has 0 bridgehead atoms. The molecule has 1 N–H and O–H groups in total. The maximum atomic E-state index is 12.2. The molecule has 0 spiro atoms. The van der Waals surface area contributed by atoms with Gasteiger partial charge in [-0.2, -0.15) is 0 Å². The van der Waals surface area contributed by atoms with E-state index in [0.29, 0.717) is 18.1 Å². The van der Waals surface area contributed by atoms with Gasteiger partial charge >= 0.3 is 0 Å². The predicted molar refractivity (Wildman–Crippen MR) is 92.5 cm³/mol. The third kappa shape index (κ3) is 3.89. The van der Waals surface area contributed by atoms with Gasteiger partial charge in [0, 0.05) is 37.8 Å². The van der Waals surface area contributed by atoms with Crippen LogP contribution in [-0.4, -0.2) is 41.7 Å². The Kier molecular flexibility index (Phi) is 5.38. The number of nitrogens with zero attached hydrogens (tertiary/aromatic N) is 3. The first-order valence-corrected chi connectivity index (χ1v) is 8.32. The minimum absolute atomic E-state index is 0.128. The van der Waals surface area contributed by atoms with Gasteiger partial charge in [-0.15, -0.1) is 0 Å². The van der Waals surface area contributed by atoms with Crippen molar-refractivity contribution in [2.75, 3.05) is 24.6 Å². The van der Waals surface area contributed by atoms with E-state index in [2.05, 4.69) is 15.3 Å². The molecular formula is C18H22N4O2. The monoisotopic (exact) mass is 326 g/mol. The van der Waals surface area contributed by atoms with Crippen molar-refractivity contribution in [1.29, 1.82) is 0 Å². The van der Waals surface area contributed by atoms with Crippen LogP contribution in [0.1, 0.15) is 30.1 Å². The highest BCUT2D eigenvalue weighted by Gasteiger charge is 2.17. The van der Waals surface area contributed by atoms with Gasteiger partial charge in [-0.25, -0.2) is 9.97 Å². The topological polar surface area (TPSA) is 67.4 Å². The fourth-order valence-electron chi connectivity index (χ4n) is 2.74. The number of aromatic nitrogens is 2. The van der Waals surface area contributed by atoms with Crippen molar-refractivity contribution in [3.8, 4) is 0 Å². The second-order valence-corrected chi connectivity index (χ2v) is 5.70. The molecule has 1 fully saturated rings. The lowest BCUT2D eigenvalue weighted by atomic mass is 10.2. The van der Waals surface area contributed by atoms with E-state index in [1.165, 1.54) is 0 Å². The third-order valence-electron chi connectivity index (χ3n) is 4.04. The van der Waals surface area contributed by atoms with Crippen LogP contribution in [0, 0.1) is 0 Å². The van der Waals surface area contributed by atoms with Gasteiger partial charge in [-0.1, -0.05) is 18.2 Å². The molecule has 0 aliphatic carbocycles. The predicted octanol–water partition coefficient (Wildman–Crippen LogP) is 2.54. The average Bonchev–Trinajstić information content (AvgIpc) is 3.15. The average molecular weight is 326 g/mol. The Morgan fingerprint density at radius 1 is 1.29 bits per heavy atom. The molecule has 2 heterocycles. The largest absolute Gasteiger partial charge is 0.376 e. The summed E-state index contributed by atoms with van der Waals surface area (Å²) < 4.78 is 5.50. The van der Waals surface area contributed by atoms with Crippen molar-refractivity contribution in [2.45, 2.75) is 25.9 Å². The van der Waals surface area contributed by atoms with Crippen LogP contribution < -0.4 is 10.2 Å². The van der Waals surface area contributed by atoms with Crippen LogP contribution in [0.25, 0.3) is 0 Å². The molecule has 1 unspecified atom stereocenters. The number of ether oxygens (including phenoxy) is 1. The van der Waals surface area contributed by atoms with E-state index in [4.69, 9.17) is 4.74 Å². The van der Waals surface area contributed by atoms with Crippen molar-refractivity contribution >= 4 is 17.5 Å².